The quantitative estimate of drug-likeness (QED) is 0.730. The predicted octanol–water partition coefficient (Wildman–Crippen LogP) is 2.50. The van der Waals surface area contributed by atoms with Gasteiger partial charge in [-0.3, -0.25) is 0 Å². The maximum absolute atomic E-state index is 12.5. The Balaban J connectivity index is 1.87. The van der Waals surface area contributed by atoms with Crippen LogP contribution >= 0.6 is 0 Å². The summed E-state index contributed by atoms with van der Waals surface area (Å²) in [5.74, 6) is 1.23. The van der Waals surface area contributed by atoms with Crippen molar-refractivity contribution in [1.82, 2.24) is 19.3 Å². The Morgan fingerprint density at radius 1 is 1.20 bits per heavy atom. The number of benzene rings is 1. The van der Waals surface area contributed by atoms with E-state index in [2.05, 4.69) is 14.7 Å². The maximum Gasteiger partial charge on any atom is 0.240 e. The number of pyridine rings is 1. The Morgan fingerprint density at radius 2 is 1.92 bits per heavy atom. The molecule has 3 rings (SSSR count). The lowest BCUT2D eigenvalue weighted by Crippen LogP contribution is -2.25. The zero-order chi connectivity index (χ0) is 18.0. The van der Waals surface area contributed by atoms with E-state index in [4.69, 9.17) is 4.74 Å². The average molecular weight is 360 g/mol. The molecule has 2 aromatic heterocycles. The van der Waals surface area contributed by atoms with Gasteiger partial charge in [-0.15, -0.1) is 0 Å². The summed E-state index contributed by atoms with van der Waals surface area (Å²) in [6.45, 7) is 4.11. The molecule has 0 saturated carbocycles. The number of rotatable bonds is 6. The van der Waals surface area contributed by atoms with E-state index in [-0.39, 0.29) is 17.5 Å². The molecule has 0 aliphatic heterocycles. The summed E-state index contributed by atoms with van der Waals surface area (Å²) in [6.07, 6.45) is 1.70. The van der Waals surface area contributed by atoms with Gasteiger partial charge in [0.1, 0.15) is 17.1 Å². The molecular weight excluding hydrogens is 340 g/mol. The summed E-state index contributed by atoms with van der Waals surface area (Å²) in [6, 6.07) is 10.0. The van der Waals surface area contributed by atoms with Gasteiger partial charge in [0, 0.05) is 12.2 Å². The molecule has 8 heteroatoms. The molecule has 25 heavy (non-hydrogen) atoms. The van der Waals surface area contributed by atoms with Crippen LogP contribution in [0.3, 0.4) is 0 Å². The molecule has 0 amide bonds. The highest BCUT2D eigenvalue weighted by Gasteiger charge is 2.18. The van der Waals surface area contributed by atoms with Gasteiger partial charge in [0.2, 0.25) is 10.0 Å². The van der Waals surface area contributed by atoms with E-state index in [1.165, 1.54) is 19.2 Å². The largest absolute Gasteiger partial charge is 0.497 e. The number of ether oxygens (including phenoxy) is 1. The molecule has 0 atom stereocenters. The van der Waals surface area contributed by atoms with Crippen LogP contribution in [-0.4, -0.2) is 30.1 Å². The minimum absolute atomic E-state index is 0.0862. The molecule has 0 spiro atoms. The van der Waals surface area contributed by atoms with E-state index in [0.29, 0.717) is 11.6 Å². The summed E-state index contributed by atoms with van der Waals surface area (Å²) in [5, 5.41) is 0. The van der Waals surface area contributed by atoms with E-state index in [1.54, 1.807) is 18.3 Å². The van der Waals surface area contributed by atoms with E-state index in [9.17, 15) is 8.42 Å². The van der Waals surface area contributed by atoms with Crippen molar-refractivity contribution in [2.24, 2.45) is 0 Å². The second kappa shape index (κ2) is 6.81. The fourth-order valence-electron chi connectivity index (χ4n) is 2.64. The number of fused-ring (bicyclic) bond motifs is 1. The highest BCUT2D eigenvalue weighted by molar-refractivity contribution is 7.89. The molecule has 132 valence electrons. The first-order valence-corrected chi connectivity index (χ1v) is 9.36. The molecule has 0 saturated heterocycles. The topological polar surface area (TPSA) is 86.1 Å². The van der Waals surface area contributed by atoms with Crippen LogP contribution in [0, 0.1) is 0 Å². The second-order valence-corrected chi connectivity index (χ2v) is 7.60. The standard InChI is InChI=1S/C17H20N4O3S/c1-12(2)21-16(20-15-5-4-10-18-17(15)21)11-19-25(22,23)14-8-6-13(24-3)7-9-14/h4-10,12,19H,11H2,1-3H3. The Bertz CT molecular complexity index is 979. The lowest BCUT2D eigenvalue weighted by molar-refractivity contribution is 0.414. The van der Waals surface area contributed by atoms with Gasteiger partial charge in [0.25, 0.3) is 0 Å². The molecular formula is C17H20N4O3S. The summed E-state index contributed by atoms with van der Waals surface area (Å²) in [7, 11) is -2.11. The zero-order valence-electron chi connectivity index (χ0n) is 14.3. The number of nitrogens with one attached hydrogen (secondary N) is 1. The fraction of sp³-hybridized carbons (Fsp3) is 0.294. The van der Waals surface area contributed by atoms with Gasteiger partial charge < -0.3 is 9.30 Å². The van der Waals surface area contributed by atoms with Crippen molar-refractivity contribution in [2.75, 3.05) is 7.11 Å². The lowest BCUT2D eigenvalue weighted by atomic mass is 10.3. The SMILES string of the molecule is COc1ccc(S(=O)(=O)NCc2nc3cccnc3n2C(C)C)cc1. The van der Waals surface area contributed by atoms with Crippen LogP contribution in [0.4, 0.5) is 0 Å². The van der Waals surface area contributed by atoms with E-state index >= 15 is 0 Å². The first-order chi connectivity index (χ1) is 11.9. The number of hydrogen-bond donors (Lipinski definition) is 1. The molecule has 2 heterocycles. The van der Waals surface area contributed by atoms with Crippen LogP contribution in [0.5, 0.6) is 5.75 Å². The number of hydrogen-bond acceptors (Lipinski definition) is 5. The van der Waals surface area contributed by atoms with Crippen LogP contribution < -0.4 is 9.46 Å². The number of aromatic nitrogens is 3. The van der Waals surface area contributed by atoms with Crippen molar-refractivity contribution in [3.05, 3.63) is 48.4 Å². The van der Waals surface area contributed by atoms with Crippen LogP contribution in [0.2, 0.25) is 0 Å². The first kappa shape index (κ1) is 17.4. The molecule has 1 N–H and O–H groups in total. The molecule has 0 bridgehead atoms. The Labute approximate surface area is 146 Å². The van der Waals surface area contributed by atoms with Crippen LogP contribution in [-0.2, 0) is 16.6 Å². The van der Waals surface area contributed by atoms with Crippen molar-refractivity contribution in [3.8, 4) is 5.75 Å². The van der Waals surface area contributed by atoms with Gasteiger partial charge in [-0.25, -0.2) is 23.1 Å². The molecule has 3 aromatic rings. The molecule has 0 unspecified atom stereocenters. The maximum atomic E-state index is 12.5. The monoisotopic (exact) mass is 360 g/mol. The zero-order valence-corrected chi connectivity index (χ0v) is 15.1. The van der Waals surface area contributed by atoms with Crippen LogP contribution in [0.15, 0.2) is 47.5 Å². The van der Waals surface area contributed by atoms with Gasteiger partial charge in [-0.1, -0.05) is 0 Å². The van der Waals surface area contributed by atoms with Crippen molar-refractivity contribution in [2.45, 2.75) is 31.3 Å². The third kappa shape index (κ3) is 3.49. The van der Waals surface area contributed by atoms with Crippen molar-refractivity contribution < 1.29 is 13.2 Å². The molecule has 1 aromatic carbocycles. The van der Waals surface area contributed by atoms with Gasteiger partial charge in [0.15, 0.2) is 5.65 Å². The number of nitrogens with zero attached hydrogens (tertiary/aromatic N) is 3. The van der Waals surface area contributed by atoms with Crippen LogP contribution in [0.1, 0.15) is 25.7 Å². The first-order valence-electron chi connectivity index (χ1n) is 7.88. The number of methoxy groups -OCH3 is 1. The highest BCUT2D eigenvalue weighted by Crippen LogP contribution is 2.20. The summed E-state index contributed by atoms with van der Waals surface area (Å²) in [4.78, 5) is 9.04. The summed E-state index contributed by atoms with van der Waals surface area (Å²) < 4.78 is 34.6. The minimum Gasteiger partial charge on any atom is -0.497 e. The van der Waals surface area contributed by atoms with Crippen molar-refractivity contribution >= 4 is 21.2 Å². The smallest absolute Gasteiger partial charge is 0.240 e. The predicted molar refractivity (Wildman–Crippen MR) is 94.9 cm³/mol. The van der Waals surface area contributed by atoms with Gasteiger partial charge in [0.05, 0.1) is 18.6 Å². The van der Waals surface area contributed by atoms with Crippen molar-refractivity contribution in [3.63, 3.8) is 0 Å². The third-order valence-electron chi connectivity index (χ3n) is 3.83. The Kier molecular flexibility index (Phi) is 4.73. The third-order valence-corrected chi connectivity index (χ3v) is 5.25. The van der Waals surface area contributed by atoms with Gasteiger partial charge in [-0.2, -0.15) is 0 Å². The normalized spacial score (nSPS) is 12.0. The Hall–Kier alpha value is -2.45. The van der Waals surface area contributed by atoms with Crippen molar-refractivity contribution in [1.29, 1.82) is 0 Å². The van der Waals surface area contributed by atoms with Gasteiger partial charge in [-0.05, 0) is 50.2 Å². The molecule has 0 fully saturated rings. The summed E-state index contributed by atoms with van der Waals surface area (Å²) in [5.41, 5.74) is 1.49. The van der Waals surface area contributed by atoms with E-state index < -0.39 is 10.0 Å². The molecule has 0 radical (unpaired) electrons. The summed E-state index contributed by atoms with van der Waals surface area (Å²) >= 11 is 0. The molecule has 0 aliphatic carbocycles. The second-order valence-electron chi connectivity index (χ2n) is 5.84. The lowest BCUT2D eigenvalue weighted by Gasteiger charge is -2.13. The van der Waals surface area contributed by atoms with Crippen LogP contribution in [0.25, 0.3) is 11.2 Å². The van der Waals surface area contributed by atoms with Gasteiger partial charge >= 0.3 is 0 Å². The Morgan fingerprint density at radius 3 is 2.56 bits per heavy atom. The van der Waals surface area contributed by atoms with E-state index in [0.717, 1.165) is 11.2 Å². The molecule has 7 nitrogen and oxygen atoms in total. The number of sulfonamides is 1. The van der Waals surface area contributed by atoms with E-state index in [1.807, 2.05) is 30.5 Å². The number of imidazole rings is 1. The fourth-order valence-corrected chi connectivity index (χ4v) is 3.62. The average Bonchev–Trinajstić information content (AvgIpc) is 2.99. The minimum atomic E-state index is -3.64. The molecule has 0 aliphatic rings. The highest BCUT2D eigenvalue weighted by atomic mass is 32.2.